The summed E-state index contributed by atoms with van der Waals surface area (Å²) in [5.74, 6) is 0. The van der Waals surface area contributed by atoms with Crippen LogP contribution in [-0.2, 0) is 0 Å². The molecule has 4 heteroatoms. The number of rotatable bonds is 2. The highest BCUT2D eigenvalue weighted by atomic mass is 35.5. The Hall–Kier alpha value is -1.24. The van der Waals surface area contributed by atoms with Crippen LogP contribution in [0.5, 0.6) is 0 Å². The first-order valence-electron chi connectivity index (χ1n) is 6.34. The summed E-state index contributed by atoms with van der Waals surface area (Å²) < 4.78 is 0. The van der Waals surface area contributed by atoms with Crippen molar-refractivity contribution in [3.8, 4) is 6.07 Å². The number of nitrogens with zero attached hydrogens (tertiary/aromatic N) is 3. The van der Waals surface area contributed by atoms with Crippen LogP contribution in [0.1, 0.15) is 19.4 Å². The van der Waals surface area contributed by atoms with Gasteiger partial charge in [-0.05, 0) is 31.7 Å². The molecule has 18 heavy (non-hydrogen) atoms. The average Bonchev–Trinajstić information content (AvgIpc) is 2.38. The lowest BCUT2D eigenvalue weighted by Gasteiger charge is -2.40. The van der Waals surface area contributed by atoms with Crippen LogP contribution in [0.4, 0.5) is 5.69 Å². The maximum absolute atomic E-state index is 9.17. The summed E-state index contributed by atoms with van der Waals surface area (Å²) in [5, 5.41) is 9.86. The lowest BCUT2D eigenvalue weighted by atomic mass is 10.1. The highest BCUT2D eigenvalue weighted by Gasteiger charge is 2.23. The largest absolute Gasteiger partial charge is 0.368 e. The van der Waals surface area contributed by atoms with Gasteiger partial charge in [0.2, 0.25) is 0 Å². The van der Waals surface area contributed by atoms with Gasteiger partial charge in [-0.3, -0.25) is 4.90 Å². The third kappa shape index (κ3) is 2.60. The molecule has 2 rings (SSSR count). The Morgan fingerprint density at radius 1 is 1.44 bits per heavy atom. The van der Waals surface area contributed by atoms with Crippen LogP contribution >= 0.6 is 11.6 Å². The Morgan fingerprint density at radius 2 is 2.22 bits per heavy atom. The standard InChI is InChI=1S/C14H18ClN3/c1-3-17-6-7-18(10-11(17)2)14-8-13(15)5-4-12(14)9-16/h4-5,8,11H,3,6-7,10H2,1-2H3. The normalized spacial score (nSPS) is 20.8. The van der Waals surface area contributed by atoms with E-state index in [0.717, 1.165) is 31.9 Å². The van der Waals surface area contributed by atoms with E-state index in [0.29, 0.717) is 16.6 Å². The zero-order chi connectivity index (χ0) is 13.1. The molecule has 0 aromatic heterocycles. The highest BCUT2D eigenvalue weighted by Crippen LogP contribution is 2.26. The second-order valence-electron chi connectivity index (χ2n) is 4.70. The van der Waals surface area contributed by atoms with E-state index in [9.17, 15) is 5.26 Å². The molecule has 1 fully saturated rings. The van der Waals surface area contributed by atoms with Crippen molar-refractivity contribution < 1.29 is 0 Å². The van der Waals surface area contributed by atoms with Gasteiger partial charge >= 0.3 is 0 Å². The number of halogens is 1. The molecule has 0 saturated carbocycles. The lowest BCUT2D eigenvalue weighted by Crippen LogP contribution is -2.51. The van der Waals surface area contributed by atoms with Crippen LogP contribution in [0.3, 0.4) is 0 Å². The zero-order valence-corrected chi connectivity index (χ0v) is 11.6. The van der Waals surface area contributed by atoms with E-state index in [1.165, 1.54) is 0 Å². The molecule has 3 nitrogen and oxygen atoms in total. The first-order valence-corrected chi connectivity index (χ1v) is 6.72. The van der Waals surface area contributed by atoms with E-state index in [1.54, 1.807) is 12.1 Å². The molecule has 1 heterocycles. The molecule has 0 bridgehead atoms. The first kappa shape index (κ1) is 13.2. The summed E-state index contributed by atoms with van der Waals surface area (Å²) in [5.41, 5.74) is 1.67. The quantitative estimate of drug-likeness (QED) is 0.822. The summed E-state index contributed by atoms with van der Waals surface area (Å²) in [4.78, 5) is 4.72. The topological polar surface area (TPSA) is 30.3 Å². The fourth-order valence-corrected chi connectivity index (χ4v) is 2.71. The van der Waals surface area contributed by atoms with Crippen molar-refractivity contribution in [1.82, 2.24) is 4.90 Å². The second kappa shape index (κ2) is 5.60. The summed E-state index contributed by atoms with van der Waals surface area (Å²) in [6.07, 6.45) is 0. The van der Waals surface area contributed by atoms with Crippen molar-refractivity contribution in [2.75, 3.05) is 31.1 Å². The molecular weight excluding hydrogens is 246 g/mol. The van der Waals surface area contributed by atoms with Gasteiger partial charge < -0.3 is 4.90 Å². The van der Waals surface area contributed by atoms with E-state index in [1.807, 2.05) is 6.07 Å². The van der Waals surface area contributed by atoms with E-state index >= 15 is 0 Å². The van der Waals surface area contributed by atoms with Gasteiger partial charge in [0.05, 0.1) is 11.3 Å². The van der Waals surface area contributed by atoms with Crippen molar-refractivity contribution in [1.29, 1.82) is 5.26 Å². The van der Waals surface area contributed by atoms with Gasteiger partial charge in [0.25, 0.3) is 0 Å². The summed E-state index contributed by atoms with van der Waals surface area (Å²) in [7, 11) is 0. The maximum atomic E-state index is 9.17. The van der Waals surface area contributed by atoms with Gasteiger partial charge in [-0.2, -0.15) is 5.26 Å². The van der Waals surface area contributed by atoms with E-state index in [-0.39, 0.29) is 0 Å². The number of nitriles is 1. The van der Waals surface area contributed by atoms with Gasteiger partial charge in [0, 0.05) is 30.7 Å². The van der Waals surface area contributed by atoms with Gasteiger partial charge in [0.15, 0.2) is 0 Å². The molecule has 1 aromatic carbocycles. The van der Waals surface area contributed by atoms with Crippen molar-refractivity contribution in [3.05, 3.63) is 28.8 Å². The zero-order valence-electron chi connectivity index (χ0n) is 10.9. The summed E-state index contributed by atoms with van der Waals surface area (Å²) >= 11 is 6.04. The fraction of sp³-hybridized carbons (Fsp3) is 0.500. The minimum absolute atomic E-state index is 0.509. The SMILES string of the molecule is CCN1CCN(c2cc(Cl)ccc2C#N)CC1C. The number of anilines is 1. The Morgan fingerprint density at radius 3 is 2.83 bits per heavy atom. The molecule has 0 spiro atoms. The van der Waals surface area contributed by atoms with Gasteiger partial charge in [0.1, 0.15) is 6.07 Å². The van der Waals surface area contributed by atoms with Crippen LogP contribution in [-0.4, -0.2) is 37.1 Å². The molecule has 1 aromatic rings. The Kier molecular flexibility index (Phi) is 4.11. The molecule has 0 amide bonds. The fourth-order valence-electron chi connectivity index (χ4n) is 2.54. The monoisotopic (exact) mass is 263 g/mol. The number of hydrogen-bond acceptors (Lipinski definition) is 3. The number of piperazine rings is 1. The highest BCUT2D eigenvalue weighted by molar-refractivity contribution is 6.30. The third-order valence-electron chi connectivity index (χ3n) is 3.59. The van der Waals surface area contributed by atoms with Crippen molar-refractivity contribution >= 4 is 17.3 Å². The summed E-state index contributed by atoms with van der Waals surface area (Å²) in [6, 6.07) is 8.23. The molecule has 0 N–H and O–H groups in total. The van der Waals surface area contributed by atoms with E-state index in [2.05, 4.69) is 29.7 Å². The van der Waals surface area contributed by atoms with Gasteiger partial charge in [-0.15, -0.1) is 0 Å². The van der Waals surface area contributed by atoms with Gasteiger partial charge in [-0.1, -0.05) is 18.5 Å². The Labute approximate surface area is 114 Å². The van der Waals surface area contributed by atoms with Crippen LogP contribution in [0.25, 0.3) is 0 Å². The molecule has 0 radical (unpaired) electrons. The Balaban J connectivity index is 2.23. The molecular formula is C14H18ClN3. The number of hydrogen-bond donors (Lipinski definition) is 0. The number of likely N-dealkylation sites (N-methyl/N-ethyl adjacent to an activating group) is 1. The predicted molar refractivity (Wildman–Crippen MR) is 75.1 cm³/mol. The second-order valence-corrected chi connectivity index (χ2v) is 5.13. The van der Waals surface area contributed by atoms with Crippen LogP contribution in [0.2, 0.25) is 5.02 Å². The van der Waals surface area contributed by atoms with Crippen LogP contribution < -0.4 is 4.90 Å². The minimum Gasteiger partial charge on any atom is -0.368 e. The van der Waals surface area contributed by atoms with Crippen LogP contribution in [0, 0.1) is 11.3 Å². The van der Waals surface area contributed by atoms with Gasteiger partial charge in [-0.25, -0.2) is 0 Å². The van der Waals surface area contributed by atoms with E-state index < -0.39 is 0 Å². The van der Waals surface area contributed by atoms with Crippen molar-refractivity contribution in [2.24, 2.45) is 0 Å². The molecule has 1 aliphatic rings. The molecule has 1 saturated heterocycles. The minimum atomic E-state index is 0.509. The molecule has 1 atom stereocenters. The molecule has 0 aliphatic carbocycles. The smallest absolute Gasteiger partial charge is 0.101 e. The number of benzene rings is 1. The lowest BCUT2D eigenvalue weighted by molar-refractivity contribution is 0.199. The molecule has 1 unspecified atom stereocenters. The van der Waals surface area contributed by atoms with Crippen molar-refractivity contribution in [2.45, 2.75) is 19.9 Å². The summed E-state index contributed by atoms with van der Waals surface area (Å²) in [6.45, 7) is 8.43. The average molecular weight is 264 g/mol. The molecule has 96 valence electrons. The first-order chi connectivity index (χ1) is 8.65. The van der Waals surface area contributed by atoms with Crippen molar-refractivity contribution in [3.63, 3.8) is 0 Å². The van der Waals surface area contributed by atoms with Crippen LogP contribution in [0.15, 0.2) is 18.2 Å². The third-order valence-corrected chi connectivity index (χ3v) is 3.83. The Bertz CT molecular complexity index is 467. The predicted octanol–water partition coefficient (Wildman–Crippen LogP) is 2.74. The maximum Gasteiger partial charge on any atom is 0.101 e. The molecule has 1 aliphatic heterocycles. The van der Waals surface area contributed by atoms with E-state index in [4.69, 9.17) is 11.6 Å².